The summed E-state index contributed by atoms with van der Waals surface area (Å²) in [4.78, 5) is 24.6. The van der Waals surface area contributed by atoms with E-state index in [4.69, 9.17) is 4.74 Å². The first-order valence-electron chi connectivity index (χ1n) is 4.20. The quantitative estimate of drug-likeness (QED) is 0.380. The van der Waals surface area contributed by atoms with Crippen LogP contribution < -0.4 is 0 Å². The average Bonchev–Trinajstić information content (AvgIpc) is 1.96. The van der Waals surface area contributed by atoms with Gasteiger partial charge < -0.3 is 4.74 Å². The van der Waals surface area contributed by atoms with E-state index in [1.54, 1.807) is 27.7 Å². The molecule has 0 aromatic carbocycles. The Balaban J connectivity index is 4.31. The first-order valence-corrected chi connectivity index (χ1v) is 4.20. The van der Waals surface area contributed by atoms with Gasteiger partial charge in [0.05, 0.1) is 0 Å². The predicted molar refractivity (Wildman–Crippen MR) is 48.0 cm³/mol. The molecule has 0 saturated carbocycles. The van der Waals surface area contributed by atoms with Crippen molar-refractivity contribution in [2.24, 2.45) is 4.99 Å². The molecular weight excluding hydrogens is 170 g/mol. The lowest BCUT2D eigenvalue weighted by atomic mass is 10.2. The molecule has 1 atom stereocenters. The molecular formula is C9H15NO3. The predicted octanol–water partition coefficient (Wildman–Crippen LogP) is 1.44. The van der Waals surface area contributed by atoms with E-state index in [0.29, 0.717) is 6.42 Å². The lowest BCUT2D eigenvalue weighted by molar-refractivity contribution is -0.156. The smallest absolute Gasteiger partial charge is 0.332 e. The summed E-state index contributed by atoms with van der Waals surface area (Å²) in [6.07, 6.45) is 1.81. The number of hydrogen-bond donors (Lipinski definition) is 0. The second-order valence-corrected chi connectivity index (χ2v) is 3.68. The fraction of sp³-hybridized carbons (Fsp3) is 0.778. The van der Waals surface area contributed by atoms with Gasteiger partial charge in [-0.2, -0.15) is 4.99 Å². The van der Waals surface area contributed by atoms with Crippen LogP contribution in [-0.4, -0.2) is 23.7 Å². The molecule has 0 aliphatic rings. The Morgan fingerprint density at radius 1 is 1.54 bits per heavy atom. The van der Waals surface area contributed by atoms with Gasteiger partial charge in [-0.15, -0.1) is 0 Å². The molecule has 0 aliphatic heterocycles. The number of nitrogens with zero attached hydrogens (tertiary/aromatic N) is 1. The molecule has 0 N–H and O–H groups in total. The summed E-state index contributed by atoms with van der Waals surface area (Å²) in [5.74, 6) is -0.474. The van der Waals surface area contributed by atoms with E-state index in [2.05, 4.69) is 4.99 Å². The molecule has 0 radical (unpaired) electrons. The van der Waals surface area contributed by atoms with Crippen LogP contribution in [0, 0.1) is 0 Å². The van der Waals surface area contributed by atoms with Crippen molar-refractivity contribution in [1.82, 2.24) is 0 Å². The van der Waals surface area contributed by atoms with Crippen LogP contribution in [0.25, 0.3) is 0 Å². The zero-order valence-electron chi connectivity index (χ0n) is 8.46. The summed E-state index contributed by atoms with van der Waals surface area (Å²) < 4.78 is 5.03. The number of carbonyl (C=O) groups is 1. The molecule has 1 unspecified atom stereocenters. The van der Waals surface area contributed by atoms with Gasteiger partial charge in [0.1, 0.15) is 5.60 Å². The van der Waals surface area contributed by atoms with Gasteiger partial charge in [-0.05, 0) is 27.2 Å². The van der Waals surface area contributed by atoms with E-state index in [1.165, 1.54) is 6.08 Å². The van der Waals surface area contributed by atoms with Crippen LogP contribution in [0.15, 0.2) is 4.99 Å². The summed E-state index contributed by atoms with van der Waals surface area (Å²) in [6, 6.07) is -0.711. The van der Waals surface area contributed by atoms with Crippen molar-refractivity contribution in [3.8, 4) is 0 Å². The Bertz CT molecular complexity index is 224. The number of ether oxygens (including phenoxy) is 1. The highest BCUT2D eigenvalue weighted by molar-refractivity contribution is 5.77. The second kappa shape index (κ2) is 4.77. The summed E-state index contributed by atoms with van der Waals surface area (Å²) >= 11 is 0. The van der Waals surface area contributed by atoms with Crippen molar-refractivity contribution in [3.63, 3.8) is 0 Å². The lowest BCUT2D eigenvalue weighted by Gasteiger charge is -2.21. The number of aliphatic imine (C=N–C) groups is 1. The monoisotopic (exact) mass is 185 g/mol. The fourth-order valence-electron chi connectivity index (χ4n) is 0.744. The normalized spacial score (nSPS) is 12.9. The van der Waals surface area contributed by atoms with E-state index in [9.17, 15) is 9.59 Å². The Morgan fingerprint density at radius 2 is 2.08 bits per heavy atom. The Labute approximate surface area is 78.0 Å². The van der Waals surface area contributed by atoms with Crippen molar-refractivity contribution in [3.05, 3.63) is 0 Å². The van der Waals surface area contributed by atoms with Gasteiger partial charge in [0.15, 0.2) is 6.04 Å². The number of hydrogen-bond acceptors (Lipinski definition) is 4. The molecule has 0 bridgehead atoms. The van der Waals surface area contributed by atoms with Gasteiger partial charge in [-0.1, -0.05) is 6.92 Å². The van der Waals surface area contributed by atoms with Crippen LogP contribution >= 0.6 is 0 Å². The van der Waals surface area contributed by atoms with Crippen LogP contribution in [-0.2, 0) is 14.3 Å². The number of isocyanates is 1. The Hall–Kier alpha value is -1.15. The maximum Gasteiger partial charge on any atom is 0.332 e. The van der Waals surface area contributed by atoms with E-state index in [1.807, 2.05) is 0 Å². The van der Waals surface area contributed by atoms with E-state index < -0.39 is 17.6 Å². The molecule has 4 heteroatoms. The minimum absolute atomic E-state index is 0.449. The highest BCUT2D eigenvalue weighted by atomic mass is 16.6. The topological polar surface area (TPSA) is 55.7 Å². The van der Waals surface area contributed by atoms with Gasteiger partial charge >= 0.3 is 5.97 Å². The maximum atomic E-state index is 11.3. The molecule has 74 valence electrons. The van der Waals surface area contributed by atoms with E-state index in [-0.39, 0.29) is 0 Å². The van der Waals surface area contributed by atoms with Gasteiger partial charge in [0.25, 0.3) is 0 Å². The van der Waals surface area contributed by atoms with Crippen LogP contribution in [0.1, 0.15) is 34.1 Å². The minimum Gasteiger partial charge on any atom is -0.458 e. The Morgan fingerprint density at radius 3 is 2.38 bits per heavy atom. The van der Waals surface area contributed by atoms with Gasteiger partial charge in [-0.25, -0.2) is 9.59 Å². The van der Waals surface area contributed by atoms with Crippen molar-refractivity contribution >= 4 is 12.0 Å². The average molecular weight is 185 g/mol. The molecule has 0 aromatic heterocycles. The molecule has 0 amide bonds. The molecule has 13 heavy (non-hydrogen) atoms. The SMILES string of the molecule is CCC(N=C=O)C(=O)OC(C)(C)C. The van der Waals surface area contributed by atoms with Gasteiger partial charge in [0, 0.05) is 0 Å². The van der Waals surface area contributed by atoms with Crippen molar-refractivity contribution < 1.29 is 14.3 Å². The van der Waals surface area contributed by atoms with Crippen LogP contribution in [0.3, 0.4) is 0 Å². The minimum atomic E-state index is -0.711. The van der Waals surface area contributed by atoms with Crippen LogP contribution in [0.5, 0.6) is 0 Å². The highest BCUT2D eigenvalue weighted by Gasteiger charge is 2.23. The number of esters is 1. The van der Waals surface area contributed by atoms with E-state index >= 15 is 0 Å². The Kier molecular flexibility index (Phi) is 4.35. The van der Waals surface area contributed by atoms with Crippen molar-refractivity contribution in [2.75, 3.05) is 0 Å². The largest absolute Gasteiger partial charge is 0.458 e. The zero-order chi connectivity index (χ0) is 10.5. The number of carbonyl (C=O) groups excluding carboxylic acids is 2. The first-order chi connectivity index (χ1) is 5.90. The summed E-state index contributed by atoms with van der Waals surface area (Å²) in [5, 5.41) is 0. The third kappa shape index (κ3) is 5.15. The lowest BCUT2D eigenvalue weighted by Crippen LogP contribution is -2.30. The highest BCUT2D eigenvalue weighted by Crippen LogP contribution is 2.10. The third-order valence-electron chi connectivity index (χ3n) is 1.27. The molecule has 0 spiro atoms. The molecule has 4 nitrogen and oxygen atoms in total. The van der Waals surface area contributed by atoms with Crippen molar-refractivity contribution in [1.29, 1.82) is 0 Å². The third-order valence-corrected chi connectivity index (χ3v) is 1.27. The first kappa shape index (κ1) is 11.8. The molecule has 0 aromatic rings. The maximum absolute atomic E-state index is 11.3. The number of rotatable bonds is 3. The summed E-state index contributed by atoms with van der Waals surface area (Å²) in [6.45, 7) is 7.06. The fourth-order valence-corrected chi connectivity index (χ4v) is 0.744. The summed E-state index contributed by atoms with van der Waals surface area (Å²) in [7, 11) is 0. The molecule has 0 aliphatic carbocycles. The molecule has 0 fully saturated rings. The van der Waals surface area contributed by atoms with Crippen molar-refractivity contribution in [2.45, 2.75) is 45.8 Å². The standard InChI is InChI=1S/C9H15NO3/c1-5-7(10-6-11)8(12)13-9(2,3)4/h7H,5H2,1-4H3. The van der Waals surface area contributed by atoms with E-state index in [0.717, 1.165) is 0 Å². The molecule has 0 saturated heterocycles. The van der Waals surface area contributed by atoms with Crippen LogP contribution in [0.2, 0.25) is 0 Å². The van der Waals surface area contributed by atoms with Gasteiger partial charge in [0.2, 0.25) is 6.08 Å². The van der Waals surface area contributed by atoms with Gasteiger partial charge in [-0.3, -0.25) is 0 Å². The zero-order valence-corrected chi connectivity index (χ0v) is 8.46. The molecule has 0 heterocycles. The molecule has 0 rings (SSSR count). The van der Waals surface area contributed by atoms with Crippen LogP contribution in [0.4, 0.5) is 0 Å². The summed E-state index contributed by atoms with van der Waals surface area (Å²) in [5.41, 5.74) is -0.539. The second-order valence-electron chi connectivity index (χ2n) is 3.68.